The number of aliphatic carboxylic acids is 1. The number of carboxylic acid groups (broad SMARTS) is 1. The summed E-state index contributed by atoms with van der Waals surface area (Å²) in [4.78, 5) is 22.8. The highest BCUT2D eigenvalue weighted by Gasteiger charge is 2.21. The zero-order valence-electron chi connectivity index (χ0n) is 11.0. The minimum atomic E-state index is -0.738. The number of thiazole rings is 1. The first kappa shape index (κ1) is 13.2. The predicted octanol–water partition coefficient (Wildman–Crippen LogP) is 2.04. The van der Waals surface area contributed by atoms with E-state index in [1.807, 2.05) is 12.1 Å². The average Bonchev–Trinajstić information content (AvgIpc) is 2.89. The van der Waals surface area contributed by atoms with Crippen molar-refractivity contribution in [1.82, 2.24) is 14.9 Å². The van der Waals surface area contributed by atoms with Crippen LogP contribution < -0.4 is 0 Å². The van der Waals surface area contributed by atoms with Gasteiger partial charge in [-0.2, -0.15) is 0 Å². The van der Waals surface area contributed by atoms with E-state index in [1.165, 1.54) is 4.88 Å². The Hall–Kier alpha value is -1.79. The molecule has 5 nitrogen and oxygen atoms in total. The molecule has 2 aromatic rings. The van der Waals surface area contributed by atoms with Crippen LogP contribution in [0.5, 0.6) is 0 Å². The molecule has 3 heterocycles. The van der Waals surface area contributed by atoms with Crippen LogP contribution in [0.1, 0.15) is 17.0 Å². The first-order valence-electron chi connectivity index (χ1n) is 6.55. The van der Waals surface area contributed by atoms with Gasteiger partial charge in [-0.05, 0) is 12.1 Å². The molecule has 0 radical (unpaired) electrons. The van der Waals surface area contributed by atoms with Crippen LogP contribution in [0.2, 0.25) is 0 Å². The van der Waals surface area contributed by atoms with Gasteiger partial charge in [0.2, 0.25) is 0 Å². The molecule has 1 aliphatic heterocycles. The fraction of sp³-hybridized carbons (Fsp3) is 0.357. The SMILES string of the molecule is O=C(O)CCN1CCc2nc(-c3ccncc3)sc2C1. The highest BCUT2D eigenvalue weighted by Crippen LogP contribution is 2.31. The van der Waals surface area contributed by atoms with Gasteiger partial charge in [0.25, 0.3) is 0 Å². The Bertz CT molecular complexity index is 612. The number of hydrogen-bond acceptors (Lipinski definition) is 5. The molecule has 0 fully saturated rings. The van der Waals surface area contributed by atoms with Gasteiger partial charge in [0.15, 0.2) is 0 Å². The van der Waals surface area contributed by atoms with Crippen molar-refractivity contribution >= 4 is 17.3 Å². The van der Waals surface area contributed by atoms with Crippen LogP contribution in [0.15, 0.2) is 24.5 Å². The van der Waals surface area contributed by atoms with E-state index >= 15 is 0 Å². The van der Waals surface area contributed by atoms with Gasteiger partial charge in [0.1, 0.15) is 5.01 Å². The third-order valence-corrected chi connectivity index (χ3v) is 4.51. The molecule has 0 aromatic carbocycles. The molecule has 1 aliphatic rings. The van der Waals surface area contributed by atoms with E-state index in [4.69, 9.17) is 10.1 Å². The minimum Gasteiger partial charge on any atom is -0.481 e. The largest absolute Gasteiger partial charge is 0.481 e. The summed E-state index contributed by atoms with van der Waals surface area (Å²) >= 11 is 1.70. The van der Waals surface area contributed by atoms with E-state index < -0.39 is 5.97 Å². The van der Waals surface area contributed by atoms with Crippen molar-refractivity contribution < 1.29 is 9.90 Å². The second kappa shape index (κ2) is 5.68. The van der Waals surface area contributed by atoms with E-state index in [-0.39, 0.29) is 6.42 Å². The fourth-order valence-corrected chi connectivity index (χ4v) is 3.47. The third kappa shape index (κ3) is 2.86. The number of carboxylic acids is 1. The van der Waals surface area contributed by atoms with Crippen LogP contribution in [-0.4, -0.2) is 39.0 Å². The summed E-state index contributed by atoms with van der Waals surface area (Å²) < 4.78 is 0. The molecule has 0 atom stereocenters. The molecule has 0 aliphatic carbocycles. The van der Waals surface area contributed by atoms with Crippen molar-refractivity contribution in [3.05, 3.63) is 35.1 Å². The molecule has 20 heavy (non-hydrogen) atoms. The quantitative estimate of drug-likeness (QED) is 0.933. The van der Waals surface area contributed by atoms with Gasteiger partial charge in [0, 0.05) is 48.9 Å². The minimum absolute atomic E-state index is 0.200. The van der Waals surface area contributed by atoms with Gasteiger partial charge < -0.3 is 5.11 Å². The van der Waals surface area contributed by atoms with Gasteiger partial charge in [0.05, 0.1) is 12.1 Å². The maximum Gasteiger partial charge on any atom is 0.304 e. The topological polar surface area (TPSA) is 66.3 Å². The van der Waals surface area contributed by atoms with Crippen molar-refractivity contribution in [1.29, 1.82) is 0 Å². The molecule has 0 saturated carbocycles. The molecule has 2 aromatic heterocycles. The number of rotatable bonds is 4. The molecule has 0 spiro atoms. The summed E-state index contributed by atoms with van der Waals surface area (Å²) in [5.41, 5.74) is 2.25. The highest BCUT2D eigenvalue weighted by molar-refractivity contribution is 7.15. The molecule has 1 N–H and O–H groups in total. The first-order chi connectivity index (χ1) is 9.72. The van der Waals surface area contributed by atoms with Crippen molar-refractivity contribution in [3.8, 4) is 10.6 Å². The maximum absolute atomic E-state index is 10.6. The smallest absolute Gasteiger partial charge is 0.304 e. The zero-order chi connectivity index (χ0) is 13.9. The summed E-state index contributed by atoms with van der Waals surface area (Å²) in [6.07, 6.45) is 4.64. The fourth-order valence-electron chi connectivity index (χ4n) is 2.31. The Labute approximate surface area is 120 Å². The summed E-state index contributed by atoms with van der Waals surface area (Å²) in [7, 11) is 0. The van der Waals surface area contributed by atoms with Crippen LogP contribution in [0.25, 0.3) is 10.6 Å². The van der Waals surface area contributed by atoms with Crippen molar-refractivity contribution in [2.75, 3.05) is 13.1 Å². The van der Waals surface area contributed by atoms with Crippen molar-refractivity contribution in [2.45, 2.75) is 19.4 Å². The van der Waals surface area contributed by atoms with Crippen molar-refractivity contribution in [2.24, 2.45) is 0 Å². The third-order valence-electron chi connectivity index (χ3n) is 3.38. The number of pyridine rings is 1. The first-order valence-corrected chi connectivity index (χ1v) is 7.37. The lowest BCUT2D eigenvalue weighted by Crippen LogP contribution is -2.31. The lowest BCUT2D eigenvalue weighted by molar-refractivity contribution is -0.137. The Balaban J connectivity index is 1.74. The molecule has 3 rings (SSSR count). The van der Waals surface area contributed by atoms with E-state index in [0.29, 0.717) is 6.54 Å². The number of aromatic nitrogens is 2. The van der Waals surface area contributed by atoms with Crippen LogP contribution in [0, 0.1) is 0 Å². The number of fused-ring (bicyclic) bond motifs is 1. The standard InChI is InChI=1S/C14H15N3O2S/c18-13(19)4-8-17-7-3-11-12(9-17)20-14(16-11)10-1-5-15-6-2-10/h1-2,5-6H,3-4,7-9H2,(H,18,19). The normalized spacial score (nSPS) is 15.0. The number of nitrogens with zero attached hydrogens (tertiary/aromatic N) is 3. The highest BCUT2D eigenvalue weighted by atomic mass is 32.1. The zero-order valence-corrected chi connectivity index (χ0v) is 11.8. The molecule has 0 unspecified atom stereocenters. The second-order valence-corrected chi connectivity index (χ2v) is 5.88. The summed E-state index contributed by atoms with van der Waals surface area (Å²) in [5.74, 6) is -0.738. The number of hydrogen-bond donors (Lipinski definition) is 1. The lowest BCUT2D eigenvalue weighted by Gasteiger charge is -2.24. The summed E-state index contributed by atoms with van der Waals surface area (Å²) in [6.45, 7) is 2.31. The molecular formula is C14H15N3O2S. The van der Waals surface area contributed by atoms with Gasteiger partial charge in [-0.15, -0.1) is 11.3 Å². The molecule has 0 amide bonds. The van der Waals surface area contributed by atoms with E-state index in [2.05, 4.69) is 9.88 Å². The maximum atomic E-state index is 10.6. The Morgan fingerprint density at radius 2 is 2.20 bits per heavy atom. The van der Waals surface area contributed by atoms with Gasteiger partial charge >= 0.3 is 5.97 Å². The Morgan fingerprint density at radius 3 is 2.95 bits per heavy atom. The molecular weight excluding hydrogens is 274 g/mol. The van der Waals surface area contributed by atoms with E-state index in [1.54, 1.807) is 23.7 Å². The Morgan fingerprint density at radius 1 is 1.40 bits per heavy atom. The van der Waals surface area contributed by atoms with Crippen LogP contribution >= 0.6 is 11.3 Å². The lowest BCUT2D eigenvalue weighted by atomic mass is 10.1. The van der Waals surface area contributed by atoms with E-state index in [9.17, 15) is 4.79 Å². The van der Waals surface area contributed by atoms with E-state index in [0.717, 1.165) is 35.8 Å². The molecule has 0 saturated heterocycles. The van der Waals surface area contributed by atoms with Crippen molar-refractivity contribution in [3.63, 3.8) is 0 Å². The summed E-state index contributed by atoms with van der Waals surface area (Å²) in [6, 6.07) is 3.93. The Kier molecular flexibility index (Phi) is 3.75. The monoisotopic (exact) mass is 289 g/mol. The van der Waals surface area contributed by atoms with Gasteiger partial charge in [-0.1, -0.05) is 0 Å². The number of carbonyl (C=O) groups is 1. The second-order valence-electron chi connectivity index (χ2n) is 4.79. The average molecular weight is 289 g/mol. The van der Waals surface area contributed by atoms with Gasteiger partial charge in [-0.3, -0.25) is 14.7 Å². The predicted molar refractivity (Wildman–Crippen MR) is 76.6 cm³/mol. The van der Waals surface area contributed by atoms with Crippen LogP contribution in [0.4, 0.5) is 0 Å². The summed E-state index contributed by atoms with van der Waals surface area (Å²) in [5, 5.41) is 9.78. The molecule has 104 valence electrons. The van der Waals surface area contributed by atoms with Crippen LogP contribution in [-0.2, 0) is 17.8 Å². The molecule has 6 heteroatoms. The van der Waals surface area contributed by atoms with Gasteiger partial charge in [-0.25, -0.2) is 4.98 Å². The molecule has 0 bridgehead atoms. The van der Waals surface area contributed by atoms with Crippen LogP contribution in [0.3, 0.4) is 0 Å².